The first kappa shape index (κ1) is 17.9. The SMILES string of the molecule is CCCC(O)CC(=O)O[C@@H](CC(=O)O)C[N+](C)(C)C. The van der Waals surface area contributed by atoms with Gasteiger partial charge in [0.15, 0.2) is 6.10 Å². The van der Waals surface area contributed by atoms with E-state index in [1.54, 1.807) is 0 Å². The Labute approximate surface area is 114 Å². The molecule has 0 amide bonds. The van der Waals surface area contributed by atoms with Gasteiger partial charge in [0.05, 0.1) is 40.1 Å². The number of aliphatic hydroxyl groups excluding tert-OH is 1. The van der Waals surface area contributed by atoms with Crippen LogP contribution < -0.4 is 0 Å². The molecular weight excluding hydrogens is 250 g/mol. The number of esters is 1. The highest BCUT2D eigenvalue weighted by atomic mass is 16.5. The predicted octanol–water partition coefficient (Wildman–Crippen LogP) is 0.630. The zero-order chi connectivity index (χ0) is 15.1. The zero-order valence-corrected chi connectivity index (χ0v) is 12.3. The molecule has 0 fully saturated rings. The molecule has 0 aromatic heterocycles. The summed E-state index contributed by atoms with van der Waals surface area (Å²) in [5.74, 6) is -1.54. The van der Waals surface area contributed by atoms with Crippen molar-refractivity contribution < 1.29 is 29.0 Å². The van der Waals surface area contributed by atoms with Gasteiger partial charge in [-0.05, 0) is 6.42 Å². The highest BCUT2D eigenvalue weighted by Gasteiger charge is 2.25. The van der Waals surface area contributed by atoms with Crippen LogP contribution >= 0.6 is 0 Å². The Morgan fingerprint density at radius 3 is 2.21 bits per heavy atom. The van der Waals surface area contributed by atoms with E-state index in [-0.39, 0.29) is 12.8 Å². The molecule has 6 heteroatoms. The summed E-state index contributed by atoms with van der Waals surface area (Å²) in [4.78, 5) is 22.4. The lowest BCUT2D eigenvalue weighted by atomic mass is 10.1. The Kier molecular flexibility index (Phi) is 7.63. The lowest BCUT2D eigenvalue weighted by Crippen LogP contribution is -2.44. The molecule has 19 heavy (non-hydrogen) atoms. The van der Waals surface area contributed by atoms with Gasteiger partial charge >= 0.3 is 11.9 Å². The molecule has 0 rings (SSSR count). The summed E-state index contributed by atoms with van der Waals surface area (Å²) < 4.78 is 5.66. The van der Waals surface area contributed by atoms with Crippen molar-refractivity contribution in [2.75, 3.05) is 27.7 Å². The van der Waals surface area contributed by atoms with E-state index in [1.807, 2.05) is 28.1 Å². The number of hydrogen-bond donors (Lipinski definition) is 2. The Balaban J connectivity index is 4.38. The topological polar surface area (TPSA) is 83.8 Å². The second-order valence-electron chi connectivity index (χ2n) is 5.83. The first-order chi connectivity index (χ1) is 8.64. The molecule has 6 nitrogen and oxygen atoms in total. The second kappa shape index (κ2) is 8.12. The number of carboxylic acid groups (broad SMARTS) is 1. The van der Waals surface area contributed by atoms with Crippen molar-refractivity contribution in [1.82, 2.24) is 0 Å². The zero-order valence-electron chi connectivity index (χ0n) is 12.3. The van der Waals surface area contributed by atoms with Gasteiger partial charge in [-0.1, -0.05) is 13.3 Å². The number of aliphatic carboxylic acids is 1. The fourth-order valence-electron chi connectivity index (χ4n) is 1.81. The molecule has 0 aliphatic carbocycles. The molecule has 0 saturated heterocycles. The van der Waals surface area contributed by atoms with Crippen molar-refractivity contribution in [3.8, 4) is 0 Å². The number of carboxylic acids is 1. The number of likely N-dealkylation sites (N-methyl/N-ethyl adjacent to an activating group) is 1. The summed E-state index contributed by atoms with van der Waals surface area (Å²) in [6, 6.07) is 0. The summed E-state index contributed by atoms with van der Waals surface area (Å²) in [6.07, 6.45) is -0.363. The molecule has 0 bridgehead atoms. The average Bonchev–Trinajstić information content (AvgIpc) is 2.12. The molecule has 0 aromatic rings. The molecule has 0 aliphatic heterocycles. The monoisotopic (exact) mass is 276 g/mol. The molecular formula is C13H26NO5+. The number of quaternary nitrogens is 1. The fraction of sp³-hybridized carbons (Fsp3) is 0.846. The number of ether oxygens (including phenoxy) is 1. The van der Waals surface area contributed by atoms with Crippen LogP contribution in [0, 0.1) is 0 Å². The molecule has 0 spiro atoms. The van der Waals surface area contributed by atoms with Crippen molar-refractivity contribution in [3.05, 3.63) is 0 Å². The maximum Gasteiger partial charge on any atom is 0.308 e. The Morgan fingerprint density at radius 1 is 1.21 bits per heavy atom. The van der Waals surface area contributed by atoms with E-state index in [0.717, 1.165) is 6.42 Å². The van der Waals surface area contributed by atoms with Crippen molar-refractivity contribution >= 4 is 11.9 Å². The van der Waals surface area contributed by atoms with Gasteiger partial charge in [-0.25, -0.2) is 0 Å². The number of rotatable bonds is 9. The van der Waals surface area contributed by atoms with E-state index >= 15 is 0 Å². The number of hydrogen-bond acceptors (Lipinski definition) is 4. The smallest absolute Gasteiger partial charge is 0.308 e. The van der Waals surface area contributed by atoms with E-state index in [1.165, 1.54) is 0 Å². The van der Waals surface area contributed by atoms with Gasteiger partial charge in [0.25, 0.3) is 0 Å². The maximum atomic E-state index is 11.6. The largest absolute Gasteiger partial charge is 0.481 e. The lowest BCUT2D eigenvalue weighted by Gasteiger charge is -2.28. The number of carbonyl (C=O) groups is 2. The first-order valence-corrected chi connectivity index (χ1v) is 6.53. The average molecular weight is 276 g/mol. The third-order valence-electron chi connectivity index (χ3n) is 2.48. The minimum Gasteiger partial charge on any atom is -0.481 e. The van der Waals surface area contributed by atoms with E-state index < -0.39 is 24.1 Å². The van der Waals surface area contributed by atoms with Crippen LogP contribution in [-0.2, 0) is 14.3 Å². The molecule has 112 valence electrons. The van der Waals surface area contributed by atoms with Crippen LogP contribution in [0.3, 0.4) is 0 Å². The van der Waals surface area contributed by atoms with Crippen LogP contribution in [0.5, 0.6) is 0 Å². The highest BCUT2D eigenvalue weighted by molar-refractivity contribution is 5.71. The molecule has 2 N–H and O–H groups in total. The molecule has 0 heterocycles. The van der Waals surface area contributed by atoms with Gasteiger partial charge in [-0.15, -0.1) is 0 Å². The summed E-state index contributed by atoms with van der Waals surface area (Å²) in [7, 11) is 5.69. The van der Waals surface area contributed by atoms with Crippen LogP contribution in [0.15, 0.2) is 0 Å². The number of nitrogens with zero attached hydrogens (tertiary/aromatic N) is 1. The summed E-state index contributed by atoms with van der Waals surface area (Å²) in [5.41, 5.74) is 0. The van der Waals surface area contributed by atoms with Crippen molar-refractivity contribution in [1.29, 1.82) is 0 Å². The molecule has 0 aliphatic rings. The van der Waals surface area contributed by atoms with Crippen LogP contribution in [0.2, 0.25) is 0 Å². The van der Waals surface area contributed by atoms with Crippen molar-refractivity contribution in [2.24, 2.45) is 0 Å². The Hall–Kier alpha value is -1.14. The third-order valence-corrected chi connectivity index (χ3v) is 2.48. The third kappa shape index (κ3) is 10.5. The normalized spacial score (nSPS) is 14.8. The van der Waals surface area contributed by atoms with Crippen molar-refractivity contribution in [2.45, 2.75) is 44.8 Å². The van der Waals surface area contributed by atoms with Gasteiger partial charge in [0, 0.05) is 0 Å². The molecule has 2 atom stereocenters. The van der Waals surface area contributed by atoms with E-state index in [4.69, 9.17) is 9.84 Å². The van der Waals surface area contributed by atoms with E-state index in [9.17, 15) is 14.7 Å². The van der Waals surface area contributed by atoms with Crippen LogP contribution in [-0.4, -0.2) is 66.5 Å². The second-order valence-corrected chi connectivity index (χ2v) is 5.83. The summed E-state index contributed by atoms with van der Waals surface area (Å²) >= 11 is 0. The van der Waals surface area contributed by atoms with Gasteiger partial charge in [-0.3, -0.25) is 9.59 Å². The Bertz CT molecular complexity index is 298. The molecule has 1 unspecified atom stereocenters. The lowest BCUT2D eigenvalue weighted by molar-refractivity contribution is -0.873. The van der Waals surface area contributed by atoms with Gasteiger partial charge < -0.3 is 19.4 Å². The summed E-state index contributed by atoms with van der Waals surface area (Å²) in [6.45, 7) is 2.33. The van der Waals surface area contributed by atoms with Crippen molar-refractivity contribution in [3.63, 3.8) is 0 Å². The summed E-state index contributed by atoms with van der Waals surface area (Å²) in [5, 5.41) is 18.3. The van der Waals surface area contributed by atoms with Crippen LogP contribution in [0.4, 0.5) is 0 Å². The maximum absolute atomic E-state index is 11.6. The molecule has 0 saturated carbocycles. The minimum atomic E-state index is -1.000. The number of aliphatic hydroxyl groups is 1. The first-order valence-electron chi connectivity index (χ1n) is 6.53. The standard InChI is InChI=1S/C13H25NO5/c1-5-6-10(15)7-13(18)19-11(8-12(16)17)9-14(2,3)4/h10-11,15H,5-9H2,1-4H3/p+1/t10?,11-/m0/s1. The minimum absolute atomic E-state index is 0.0822. The Morgan fingerprint density at radius 2 is 1.79 bits per heavy atom. The van der Waals surface area contributed by atoms with Crippen LogP contribution in [0.25, 0.3) is 0 Å². The fourth-order valence-corrected chi connectivity index (χ4v) is 1.81. The highest BCUT2D eigenvalue weighted by Crippen LogP contribution is 2.09. The van der Waals surface area contributed by atoms with Gasteiger partial charge in [0.2, 0.25) is 0 Å². The number of carbonyl (C=O) groups excluding carboxylic acids is 1. The van der Waals surface area contributed by atoms with E-state index in [2.05, 4.69) is 0 Å². The van der Waals surface area contributed by atoms with Gasteiger partial charge in [-0.2, -0.15) is 0 Å². The van der Waals surface area contributed by atoms with E-state index in [0.29, 0.717) is 17.4 Å². The van der Waals surface area contributed by atoms with Crippen LogP contribution in [0.1, 0.15) is 32.6 Å². The van der Waals surface area contributed by atoms with Gasteiger partial charge in [0.1, 0.15) is 6.54 Å². The quantitative estimate of drug-likeness (QED) is 0.477. The molecule has 0 aromatic carbocycles. The molecule has 0 radical (unpaired) electrons. The predicted molar refractivity (Wildman–Crippen MR) is 70.6 cm³/mol.